The number of anilines is 1. The Balaban J connectivity index is 1.76. The molecular formula is C20H13ClF3NO. The zero-order chi connectivity index (χ0) is 18.7. The monoisotopic (exact) mass is 375 g/mol. The predicted octanol–water partition coefficient (Wildman–Crippen LogP) is 6.28. The summed E-state index contributed by atoms with van der Waals surface area (Å²) < 4.78 is 38.0. The molecular weight excluding hydrogens is 363 g/mol. The van der Waals surface area contributed by atoms with E-state index >= 15 is 0 Å². The van der Waals surface area contributed by atoms with Gasteiger partial charge in [-0.25, -0.2) is 0 Å². The van der Waals surface area contributed by atoms with E-state index in [1.165, 1.54) is 0 Å². The second-order valence-corrected chi connectivity index (χ2v) is 6.00. The first-order valence-electron chi connectivity index (χ1n) is 7.68. The molecule has 0 unspecified atom stereocenters. The van der Waals surface area contributed by atoms with Crippen molar-refractivity contribution in [3.8, 4) is 11.1 Å². The third-order valence-corrected chi connectivity index (χ3v) is 4.11. The fourth-order valence-corrected chi connectivity index (χ4v) is 2.66. The maximum Gasteiger partial charge on any atom is 0.416 e. The third-order valence-electron chi connectivity index (χ3n) is 3.80. The lowest BCUT2D eigenvalue weighted by atomic mass is 10.0. The van der Waals surface area contributed by atoms with Gasteiger partial charge >= 0.3 is 6.18 Å². The lowest BCUT2D eigenvalue weighted by Gasteiger charge is -2.11. The van der Waals surface area contributed by atoms with Crippen LogP contribution in [-0.4, -0.2) is 5.91 Å². The number of benzene rings is 3. The smallest absolute Gasteiger partial charge is 0.321 e. The van der Waals surface area contributed by atoms with E-state index in [0.29, 0.717) is 5.56 Å². The average molecular weight is 376 g/mol. The van der Waals surface area contributed by atoms with E-state index in [1.54, 1.807) is 24.3 Å². The van der Waals surface area contributed by atoms with E-state index < -0.39 is 17.6 Å². The summed E-state index contributed by atoms with van der Waals surface area (Å²) in [5, 5.41) is 2.35. The van der Waals surface area contributed by atoms with Gasteiger partial charge in [-0.3, -0.25) is 4.79 Å². The molecule has 0 radical (unpaired) electrons. The van der Waals surface area contributed by atoms with Crippen LogP contribution in [-0.2, 0) is 6.18 Å². The van der Waals surface area contributed by atoms with E-state index in [0.717, 1.165) is 29.3 Å². The first-order valence-corrected chi connectivity index (χ1v) is 8.06. The highest BCUT2D eigenvalue weighted by molar-refractivity contribution is 6.34. The van der Waals surface area contributed by atoms with Crippen LogP contribution in [0.5, 0.6) is 0 Å². The molecule has 6 heteroatoms. The fourth-order valence-electron chi connectivity index (χ4n) is 2.43. The van der Waals surface area contributed by atoms with E-state index in [-0.39, 0.29) is 10.7 Å². The van der Waals surface area contributed by atoms with Gasteiger partial charge < -0.3 is 5.32 Å². The fraction of sp³-hybridized carbons (Fsp3) is 0.0500. The van der Waals surface area contributed by atoms with Crippen molar-refractivity contribution >= 4 is 23.2 Å². The first-order chi connectivity index (χ1) is 12.3. The number of carbonyl (C=O) groups is 1. The van der Waals surface area contributed by atoms with E-state index in [2.05, 4.69) is 5.32 Å². The van der Waals surface area contributed by atoms with Crippen LogP contribution in [0.2, 0.25) is 5.02 Å². The maximum atomic E-state index is 12.7. The summed E-state index contributed by atoms with van der Waals surface area (Å²) in [5.74, 6) is -0.453. The van der Waals surface area contributed by atoms with E-state index in [1.807, 2.05) is 30.3 Å². The number of halogens is 4. The van der Waals surface area contributed by atoms with E-state index in [4.69, 9.17) is 11.6 Å². The standard InChI is InChI=1S/C20H13ClF3NO/c21-17-12-16(20(22,23)24)10-11-18(17)25-19(26)15-8-6-14(7-9-15)13-4-2-1-3-5-13/h1-12H,(H,25,26). The molecule has 3 aromatic carbocycles. The highest BCUT2D eigenvalue weighted by Gasteiger charge is 2.31. The summed E-state index contributed by atoms with van der Waals surface area (Å²) in [7, 11) is 0. The molecule has 3 rings (SSSR count). The van der Waals surface area contributed by atoms with Crippen LogP contribution in [0.4, 0.5) is 18.9 Å². The minimum Gasteiger partial charge on any atom is -0.321 e. The van der Waals surface area contributed by atoms with Gasteiger partial charge in [0.15, 0.2) is 0 Å². The topological polar surface area (TPSA) is 29.1 Å². The minimum absolute atomic E-state index is 0.122. The summed E-state index contributed by atoms with van der Waals surface area (Å²) in [4.78, 5) is 12.3. The Bertz CT molecular complexity index is 922. The largest absolute Gasteiger partial charge is 0.416 e. The van der Waals surface area contributed by atoms with Crippen molar-refractivity contribution in [2.45, 2.75) is 6.18 Å². The van der Waals surface area contributed by atoms with Gasteiger partial charge in [0.2, 0.25) is 0 Å². The lowest BCUT2D eigenvalue weighted by molar-refractivity contribution is -0.137. The molecule has 0 spiro atoms. The average Bonchev–Trinajstić information content (AvgIpc) is 2.63. The molecule has 0 fully saturated rings. The normalized spacial score (nSPS) is 11.2. The van der Waals surface area contributed by atoms with E-state index in [9.17, 15) is 18.0 Å². The van der Waals surface area contributed by atoms with Crippen molar-refractivity contribution in [1.29, 1.82) is 0 Å². The number of hydrogen-bond acceptors (Lipinski definition) is 1. The molecule has 0 bridgehead atoms. The van der Waals surface area contributed by atoms with Crippen molar-refractivity contribution in [2.75, 3.05) is 5.32 Å². The van der Waals surface area contributed by atoms with Gasteiger partial charge in [-0.1, -0.05) is 54.1 Å². The molecule has 1 N–H and O–H groups in total. The van der Waals surface area contributed by atoms with Crippen LogP contribution in [0.3, 0.4) is 0 Å². The highest BCUT2D eigenvalue weighted by atomic mass is 35.5. The van der Waals surface area contributed by atoms with Crippen LogP contribution in [0.15, 0.2) is 72.8 Å². The molecule has 26 heavy (non-hydrogen) atoms. The van der Waals surface area contributed by atoms with Crippen molar-refractivity contribution in [3.05, 3.63) is 88.9 Å². The Labute approximate surface area is 153 Å². The molecule has 0 aliphatic carbocycles. The number of nitrogens with one attached hydrogen (secondary N) is 1. The van der Waals surface area contributed by atoms with Crippen molar-refractivity contribution < 1.29 is 18.0 Å². The zero-order valence-electron chi connectivity index (χ0n) is 13.3. The second-order valence-electron chi connectivity index (χ2n) is 5.59. The molecule has 0 aliphatic rings. The van der Waals surface area contributed by atoms with Crippen LogP contribution < -0.4 is 5.32 Å². The van der Waals surface area contributed by atoms with Crippen LogP contribution in [0, 0.1) is 0 Å². The highest BCUT2D eigenvalue weighted by Crippen LogP contribution is 2.34. The molecule has 0 saturated heterocycles. The molecule has 0 aliphatic heterocycles. The predicted molar refractivity (Wildman–Crippen MR) is 96.3 cm³/mol. The Morgan fingerprint density at radius 3 is 2.04 bits per heavy atom. The summed E-state index contributed by atoms with van der Waals surface area (Å²) in [5.41, 5.74) is 1.60. The SMILES string of the molecule is O=C(Nc1ccc(C(F)(F)F)cc1Cl)c1ccc(-c2ccccc2)cc1. The molecule has 0 atom stereocenters. The van der Waals surface area contributed by atoms with Crippen molar-refractivity contribution in [2.24, 2.45) is 0 Å². The Hall–Kier alpha value is -2.79. The Kier molecular flexibility index (Phi) is 5.00. The van der Waals surface area contributed by atoms with Gasteiger partial charge in [0, 0.05) is 5.56 Å². The third kappa shape index (κ3) is 4.06. The number of alkyl halides is 3. The molecule has 0 saturated carbocycles. The van der Waals surface area contributed by atoms with Gasteiger partial charge in [-0.2, -0.15) is 13.2 Å². The van der Waals surface area contributed by atoms with Crippen LogP contribution in [0.1, 0.15) is 15.9 Å². The molecule has 1 amide bonds. The Morgan fingerprint density at radius 2 is 1.46 bits per heavy atom. The molecule has 0 aromatic heterocycles. The number of rotatable bonds is 3. The summed E-state index contributed by atoms with van der Waals surface area (Å²) in [6.07, 6.45) is -4.49. The van der Waals surface area contributed by atoms with Gasteiger partial charge in [-0.05, 0) is 41.5 Å². The number of hydrogen-bond donors (Lipinski definition) is 1. The molecule has 132 valence electrons. The maximum absolute atomic E-state index is 12.7. The number of amides is 1. The van der Waals surface area contributed by atoms with Crippen molar-refractivity contribution in [3.63, 3.8) is 0 Å². The van der Waals surface area contributed by atoms with Gasteiger partial charge in [0.25, 0.3) is 5.91 Å². The number of carbonyl (C=O) groups excluding carboxylic acids is 1. The summed E-state index contributed by atoms with van der Waals surface area (Å²) >= 11 is 5.86. The molecule has 3 aromatic rings. The Morgan fingerprint density at radius 1 is 0.846 bits per heavy atom. The zero-order valence-corrected chi connectivity index (χ0v) is 14.1. The quantitative estimate of drug-likeness (QED) is 0.573. The molecule has 0 heterocycles. The van der Waals surface area contributed by atoms with Gasteiger partial charge in [0.05, 0.1) is 16.3 Å². The minimum atomic E-state index is -4.49. The lowest BCUT2D eigenvalue weighted by Crippen LogP contribution is -2.13. The van der Waals surface area contributed by atoms with Gasteiger partial charge in [-0.15, -0.1) is 0 Å². The first kappa shape index (κ1) is 18.0. The summed E-state index contributed by atoms with van der Waals surface area (Å²) in [6, 6.07) is 19.4. The molecule has 2 nitrogen and oxygen atoms in total. The van der Waals surface area contributed by atoms with Crippen LogP contribution >= 0.6 is 11.6 Å². The summed E-state index contributed by atoms with van der Waals surface area (Å²) in [6.45, 7) is 0. The van der Waals surface area contributed by atoms with Crippen LogP contribution in [0.25, 0.3) is 11.1 Å². The second kappa shape index (κ2) is 7.22. The van der Waals surface area contributed by atoms with Crippen molar-refractivity contribution in [1.82, 2.24) is 0 Å². The van der Waals surface area contributed by atoms with Gasteiger partial charge in [0.1, 0.15) is 0 Å².